The van der Waals surface area contributed by atoms with E-state index in [9.17, 15) is 4.79 Å². The van der Waals surface area contributed by atoms with Crippen LogP contribution in [0.4, 0.5) is 0 Å². The molecule has 0 radical (unpaired) electrons. The molecule has 0 saturated heterocycles. The fourth-order valence-electron chi connectivity index (χ4n) is 2.52. The Labute approximate surface area is 112 Å². The van der Waals surface area contributed by atoms with Gasteiger partial charge < -0.3 is 14.9 Å². The number of aromatic nitrogens is 2. The number of rotatable bonds is 6. The van der Waals surface area contributed by atoms with E-state index in [2.05, 4.69) is 22.4 Å². The number of hydrogen-bond acceptors (Lipinski definition) is 5. The van der Waals surface area contributed by atoms with Crippen LogP contribution in [0.1, 0.15) is 50.7 Å². The molecular formula is C13H21N3O3. The van der Waals surface area contributed by atoms with Gasteiger partial charge in [0, 0.05) is 12.5 Å². The fourth-order valence-corrected chi connectivity index (χ4v) is 2.52. The SMILES string of the molecule is CCCc1noc(CNC2CCCC(C(=O)O)C2)n1. The van der Waals surface area contributed by atoms with Crippen molar-refractivity contribution in [2.24, 2.45) is 5.92 Å². The lowest BCUT2D eigenvalue weighted by molar-refractivity contribution is -0.143. The average Bonchev–Trinajstić information content (AvgIpc) is 2.85. The molecule has 1 saturated carbocycles. The maximum Gasteiger partial charge on any atom is 0.306 e. The highest BCUT2D eigenvalue weighted by molar-refractivity contribution is 5.70. The van der Waals surface area contributed by atoms with E-state index in [-0.39, 0.29) is 12.0 Å². The number of aryl methyl sites for hydroxylation is 1. The van der Waals surface area contributed by atoms with Crippen molar-refractivity contribution in [3.05, 3.63) is 11.7 Å². The smallest absolute Gasteiger partial charge is 0.306 e. The molecule has 6 nitrogen and oxygen atoms in total. The number of nitrogens with zero attached hydrogens (tertiary/aromatic N) is 2. The molecule has 19 heavy (non-hydrogen) atoms. The molecular weight excluding hydrogens is 246 g/mol. The lowest BCUT2D eigenvalue weighted by atomic mass is 9.86. The van der Waals surface area contributed by atoms with Gasteiger partial charge in [-0.05, 0) is 25.7 Å². The second-order valence-electron chi connectivity index (χ2n) is 5.13. The Hall–Kier alpha value is -1.43. The van der Waals surface area contributed by atoms with Gasteiger partial charge in [0.15, 0.2) is 5.82 Å². The van der Waals surface area contributed by atoms with Crippen molar-refractivity contribution < 1.29 is 14.4 Å². The van der Waals surface area contributed by atoms with Crippen LogP contribution in [-0.4, -0.2) is 27.3 Å². The maximum absolute atomic E-state index is 11.0. The van der Waals surface area contributed by atoms with E-state index in [0.717, 1.165) is 37.9 Å². The van der Waals surface area contributed by atoms with Gasteiger partial charge in [-0.1, -0.05) is 18.5 Å². The fraction of sp³-hybridized carbons (Fsp3) is 0.769. The van der Waals surface area contributed by atoms with Gasteiger partial charge in [0.05, 0.1) is 12.5 Å². The van der Waals surface area contributed by atoms with Gasteiger partial charge in [-0.15, -0.1) is 0 Å². The Kier molecular flexibility index (Phi) is 4.90. The highest BCUT2D eigenvalue weighted by Gasteiger charge is 2.26. The van der Waals surface area contributed by atoms with Crippen LogP contribution in [0, 0.1) is 5.92 Å². The molecule has 0 aliphatic heterocycles. The number of hydrogen-bond donors (Lipinski definition) is 2. The molecule has 1 aromatic rings. The van der Waals surface area contributed by atoms with E-state index in [1.807, 2.05) is 0 Å². The molecule has 1 heterocycles. The predicted molar refractivity (Wildman–Crippen MR) is 68.5 cm³/mol. The first-order chi connectivity index (χ1) is 9.19. The quantitative estimate of drug-likeness (QED) is 0.816. The normalized spacial score (nSPS) is 23.4. The summed E-state index contributed by atoms with van der Waals surface area (Å²) < 4.78 is 5.14. The molecule has 6 heteroatoms. The first-order valence-electron chi connectivity index (χ1n) is 6.96. The Balaban J connectivity index is 1.79. The third-order valence-electron chi connectivity index (χ3n) is 3.55. The minimum Gasteiger partial charge on any atom is -0.481 e. The minimum atomic E-state index is -0.686. The van der Waals surface area contributed by atoms with Crippen LogP contribution in [0.25, 0.3) is 0 Å². The van der Waals surface area contributed by atoms with Crippen molar-refractivity contribution in [2.75, 3.05) is 0 Å². The standard InChI is InChI=1S/C13H21N3O3/c1-2-4-11-15-12(19-16-11)8-14-10-6-3-5-9(7-10)13(17)18/h9-10,14H,2-8H2,1H3,(H,17,18). The number of carboxylic acids is 1. The summed E-state index contributed by atoms with van der Waals surface area (Å²) in [5.41, 5.74) is 0. The number of nitrogens with one attached hydrogen (secondary N) is 1. The van der Waals surface area contributed by atoms with Crippen molar-refractivity contribution in [2.45, 2.75) is 58.0 Å². The summed E-state index contributed by atoms with van der Waals surface area (Å²) in [4.78, 5) is 15.3. The van der Waals surface area contributed by atoms with Gasteiger partial charge in [-0.3, -0.25) is 4.79 Å². The molecule has 0 aromatic carbocycles. The van der Waals surface area contributed by atoms with E-state index in [1.54, 1.807) is 0 Å². The molecule has 2 unspecified atom stereocenters. The summed E-state index contributed by atoms with van der Waals surface area (Å²) in [7, 11) is 0. The van der Waals surface area contributed by atoms with Crippen LogP contribution in [0.2, 0.25) is 0 Å². The molecule has 1 fully saturated rings. The van der Waals surface area contributed by atoms with E-state index in [0.29, 0.717) is 18.9 Å². The zero-order valence-corrected chi connectivity index (χ0v) is 11.3. The molecule has 1 aliphatic carbocycles. The highest BCUT2D eigenvalue weighted by Crippen LogP contribution is 2.24. The molecule has 0 spiro atoms. The molecule has 0 amide bonds. The number of aliphatic carboxylic acids is 1. The second-order valence-corrected chi connectivity index (χ2v) is 5.13. The van der Waals surface area contributed by atoms with Gasteiger partial charge in [-0.2, -0.15) is 4.98 Å². The first kappa shape index (κ1) is 14.0. The van der Waals surface area contributed by atoms with E-state index in [1.165, 1.54) is 0 Å². The summed E-state index contributed by atoms with van der Waals surface area (Å²) >= 11 is 0. The van der Waals surface area contributed by atoms with Crippen molar-refractivity contribution >= 4 is 5.97 Å². The van der Waals surface area contributed by atoms with Crippen LogP contribution in [0.15, 0.2) is 4.52 Å². The lowest BCUT2D eigenvalue weighted by Crippen LogP contribution is -2.36. The van der Waals surface area contributed by atoms with Crippen molar-refractivity contribution in [3.63, 3.8) is 0 Å². The number of carbonyl (C=O) groups is 1. The first-order valence-corrected chi connectivity index (χ1v) is 6.96. The Morgan fingerprint density at radius 2 is 2.37 bits per heavy atom. The second kappa shape index (κ2) is 6.65. The Morgan fingerprint density at radius 1 is 1.53 bits per heavy atom. The third kappa shape index (κ3) is 4.02. The van der Waals surface area contributed by atoms with Crippen LogP contribution >= 0.6 is 0 Å². The zero-order valence-electron chi connectivity index (χ0n) is 11.3. The minimum absolute atomic E-state index is 0.218. The molecule has 2 N–H and O–H groups in total. The van der Waals surface area contributed by atoms with E-state index >= 15 is 0 Å². The van der Waals surface area contributed by atoms with Crippen LogP contribution in [0.5, 0.6) is 0 Å². The lowest BCUT2D eigenvalue weighted by Gasteiger charge is -2.26. The van der Waals surface area contributed by atoms with Crippen molar-refractivity contribution in [1.82, 2.24) is 15.5 Å². The van der Waals surface area contributed by atoms with Crippen molar-refractivity contribution in [3.8, 4) is 0 Å². The molecule has 106 valence electrons. The van der Waals surface area contributed by atoms with E-state index < -0.39 is 5.97 Å². The summed E-state index contributed by atoms with van der Waals surface area (Å²) in [6, 6.07) is 0.233. The zero-order chi connectivity index (χ0) is 13.7. The summed E-state index contributed by atoms with van der Waals surface area (Å²) in [6.45, 7) is 2.59. The highest BCUT2D eigenvalue weighted by atomic mass is 16.5. The monoisotopic (exact) mass is 267 g/mol. The number of carboxylic acid groups (broad SMARTS) is 1. The maximum atomic E-state index is 11.0. The Bertz CT molecular complexity index is 419. The largest absolute Gasteiger partial charge is 0.481 e. The molecule has 2 rings (SSSR count). The predicted octanol–water partition coefficient (Wildman–Crippen LogP) is 1.76. The van der Waals surface area contributed by atoms with Crippen LogP contribution < -0.4 is 5.32 Å². The third-order valence-corrected chi connectivity index (χ3v) is 3.55. The van der Waals surface area contributed by atoms with Gasteiger partial charge >= 0.3 is 5.97 Å². The Morgan fingerprint density at radius 3 is 3.11 bits per heavy atom. The molecule has 1 aromatic heterocycles. The topological polar surface area (TPSA) is 88.2 Å². The van der Waals surface area contributed by atoms with Gasteiger partial charge in [0.2, 0.25) is 5.89 Å². The summed E-state index contributed by atoms with van der Waals surface area (Å²) in [5, 5.41) is 16.2. The van der Waals surface area contributed by atoms with Crippen LogP contribution in [-0.2, 0) is 17.8 Å². The van der Waals surface area contributed by atoms with Gasteiger partial charge in [0.1, 0.15) is 0 Å². The van der Waals surface area contributed by atoms with Gasteiger partial charge in [-0.25, -0.2) is 0 Å². The van der Waals surface area contributed by atoms with Crippen molar-refractivity contribution in [1.29, 1.82) is 0 Å². The van der Waals surface area contributed by atoms with Crippen LogP contribution in [0.3, 0.4) is 0 Å². The van der Waals surface area contributed by atoms with Gasteiger partial charge in [0.25, 0.3) is 0 Å². The summed E-state index contributed by atoms with van der Waals surface area (Å²) in [6.07, 6.45) is 5.27. The molecule has 2 atom stereocenters. The molecule has 1 aliphatic rings. The summed E-state index contributed by atoms with van der Waals surface area (Å²) in [5.74, 6) is 0.423. The molecule has 0 bridgehead atoms. The van der Waals surface area contributed by atoms with E-state index in [4.69, 9.17) is 9.63 Å². The average molecular weight is 267 g/mol.